The van der Waals surface area contributed by atoms with E-state index < -0.39 is 5.95 Å². The Morgan fingerprint density at radius 2 is 2.07 bits per heavy atom. The van der Waals surface area contributed by atoms with Crippen LogP contribution in [0.5, 0.6) is 0 Å². The van der Waals surface area contributed by atoms with Crippen LogP contribution in [0.4, 0.5) is 4.39 Å². The Hall–Kier alpha value is -2.76. The molecule has 0 bridgehead atoms. The Balaban J connectivity index is 1.69. The smallest absolute Gasteiger partial charge is 0.270 e. The molecule has 0 saturated heterocycles. The second kappa shape index (κ2) is 8.09. The van der Waals surface area contributed by atoms with E-state index in [4.69, 9.17) is 0 Å². The number of carbonyl (C=O) groups is 1. The zero-order valence-corrected chi connectivity index (χ0v) is 16.1. The maximum Gasteiger partial charge on any atom is 0.270 e. The summed E-state index contributed by atoms with van der Waals surface area (Å²) in [6.07, 6.45) is 9.60. The highest BCUT2D eigenvalue weighted by molar-refractivity contribution is 5.95. The number of fused-ring (bicyclic) bond motifs is 1. The lowest BCUT2D eigenvalue weighted by Crippen LogP contribution is -2.36. The van der Waals surface area contributed by atoms with Crippen molar-refractivity contribution in [3.05, 3.63) is 59.4 Å². The number of pyridine rings is 2. The van der Waals surface area contributed by atoms with Gasteiger partial charge in [0.15, 0.2) is 0 Å². The van der Waals surface area contributed by atoms with Gasteiger partial charge in [-0.05, 0) is 61.6 Å². The molecular formula is C22H25FN4O. The fourth-order valence-electron chi connectivity index (χ4n) is 4.03. The highest BCUT2D eigenvalue weighted by Crippen LogP contribution is 2.24. The van der Waals surface area contributed by atoms with Crippen LogP contribution in [0.15, 0.2) is 36.7 Å². The number of nitrogens with zero attached hydrogens (tertiary/aromatic N) is 3. The van der Waals surface area contributed by atoms with Gasteiger partial charge in [0.1, 0.15) is 11.3 Å². The molecule has 1 N–H and O–H groups in total. The normalized spacial score (nSPS) is 15.1. The Morgan fingerprint density at radius 1 is 1.25 bits per heavy atom. The Kier molecular flexibility index (Phi) is 5.37. The number of aromatic nitrogens is 3. The Morgan fingerprint density at radius 3 is 2.82 bits per heavy atom. The summed E-state index contributed by atoms with van der Waals surface area (Å²) < 4.78 is 15.5. The van der Waals surface area contributed by atoms with E-state index >= 15 is 0 Å². The fourth-order valence-corrected chi connectivity index (χ4v) is 4.03. The maximum absolute atomic E-state index is 13.5. The first-order valence-electron chi connectivity index (χ1n) is 10.0. The van der Waals surface area contributed by atoms with Gasteiger partial charge in [0.25, 0.3) is 5.91 Å². The van der Waals surface area contributed by atoms with Gasteiger partial charge in [-0.25, -0.2) is 9.97 Å². The predicted octanol–water partition coefficient (Wildman–Crippen LogP) is 4.24. The van der Waals surface area contributed by atoms with Gasteiger partial charge in [0.05, 0.1) is 0 Å². The van der Waals surface area contributed by atoms with Crippen molar-refractivity contribution in [2.24, 2.45) is 0 Å². The van der Waals surface area contributed by atoms with Crippen molar-refractivity contribution in [1.29, 1.82) is 0 Å². The van der Waals surface area contributed by atoms with E-state index in [2.05, 4.69) is 15.3 Å². The average Bonchev–Trinajstić information content (AvgIpc) is 3.12. The molecule has 0 unspecified atom stereocenters. The van der Waals surface area contributed by atoms with Crippen LogP contribution in [0, 0.1) is 5.95 Å². The first-order chi connectivity index (χ1) is 13.6. The summed E-state index contributed by atoms with van der Waals surface area (Å²) in [5, 5.41) is 4.14. The molecule has 5 nitrogen and oxygen atoms in total. The molecule has 28 heavy (non-hydrogen) atoms. The van der Waals surface area contributed by atoms with Crippen LogP contribution in [-0.4, -0.2) is 26.5 Å². The van der Waals surface area contributed by atoms with Crippen molar-refractivity contribution in [2.45, 2.75) is 58.0 Å². The van der Waals surface area contributed by atoms with Crippen LogP contribution in [0.2, 0.25) is 0 Å². The minimum Gasteiger partial charge on any atom is -0.348 e. The summed E-state index contributed by atoms with van der Waals surface area (Å²) >= 11 is 0. The molecule has 1 saturated carbocycles. The molecule has 3 heterocycles. The zero-order valence-electron chi connectivity index (χ0n) is 16.1. The average molecular weight is 380 g/mol. The quantitative estimate of drug-likeness (QED) is 0.674. The third kappa shape index (κ3) is 3.91. The van der Waals surface area contributed by atoms with E-state index in [9.17, 15) is 9.18 Å². The van der Waals surface area contributed by atoms with E-state index in [0.717, 1.165) is 54.4 Å². The highest BCUT2D eigenvalue weighted by Gasteiger charge is 2.19. The first-order valence-corrected chi connectivity index (χ1v) is 10.0. The highest BCUT2D eigenvalue weighted by atomic mass is 19.1. The lowest BCUT2D eigenvalue weighted by Gasteiger charge is -2.22. The summed E-state index contributed by atoms with van der Waals surface area (Å²) in [5.41, 5.74) is 3.01. The third-order valence-electron chi connectivity index (χ3n) is 5.52. The molecule has 4 rings (SSSR count). The van der Waals surface area contributed by atoms with Gasteiger partial charge in [-0.3, -0.25) is 4.79 Å². The molecule has 0 spiro atoms. The van der Waals surface area contributed by atoms with Crippen LogP contribution in [0.25, 0.3) is 11.0 Å². The number of hydrogen-bond donors (Lipinski definition) is 1. The summed E-state index contributed by atoms with van der Waals surface area (Å²) in [4.78, 5) is 21.2. The number of halogens is 1. The number of amides is 1. The first kappa shape index (κ1) is 18.6. The SMILES string of the molecule is CCn1ccc2c(Cc3ccnc(F)c3)cc(C(=O)NC3CCCCC3)nc21. The van der Waals surface area contributed by atoms with Crippen LogP contribution < -0.4 is 5.32 Å². The molecule has 3 aromatic rings. The molecule has 1 aliphatic carbocycles. The van der Waals surface area contributed by atoms with Crippen LogP contribution in [-0.2, 0) is 13.0 Å². The van der Waals surface area contributed by atoms with E-state index in [1.807, 2.05) is 29.8 Å². The van der Waals surface area contributed by atoms with E-state index in [-0.39, 0.29) is 11.9 Å². The molecule has 146 valence electrons. The van der Waals surface area contributed by atoms with Gasteiger partial charge in [0, 0.05) is 30.4 Å². The Bertz CT molecular complexity index is 991. The topological polar surface area (TPSA) is 59.8 Å². The molecule has 1 amide bonds. The van der Waals surface area contributed by atoms with E-state index in [1.165, 1.54) is 18.7 Å². The van der Waals surface area contributed by atoms with Crippen molar-refractivity contribution >= 4 is 16.9 Å². The zero-order chi connectivity index (χ0) is 19.5. The summed E-state index contributed by atoms with van der Waals surface area (Å²) in [6.45, 7) is 2.82. The maximum atomic E-state index is 13.5. The molecule has 0 aliphatic heterocycles. The molecule has 0 atom stereocenters. The van der Waals surface area contributed by atoms with E-state index in [1.54, 1.807) is 6.07 Å². The molecule has 1 aliphatic rings. The standard InChI is InChI=1S/C22H25FN4O/c1-2-27-11-9-18-16(12-15-8-10-24-20(23)13-15)14-19(26-21(18)27)22(28)25-17-6-4-3-5-7-17/h8-11,13-14,17H,2-7,12H2,1H3,(H,25,28). The van der Waals surface area contributed by atoms with Crippen LogP contribution in [0.1, 0.15) is 60.6 Å². The van der Waals surface area contributed by atoms with Gasteiger partial charge in [-0.15, -0.1) is 0 Å². The number of aryl methyl sites for hydroxylation is 1. The monoisotopic (exact) mass is 380 g/mol. The minimum absolute atomic E-state index is 0.125. The van der Waals surface area contributed by atoms with Crippen molar-refractivity contribution in [3.63, 3.8) is 0 Å². The number of nitrogens with one attached hydrogen (secondary N) is 1. The van der Waals surface area contributed by atoms with Crippen LogP contribution in [0.3, 0.4) is 0 Å². The minimum atomic E-state index is -0.496. The van der Waals surface area contributed by atoms with Gasteiger partial charge >= 0.3 is 0 Å². The summed E-state index contributed by atoms with van der Waals surface area (Å²) in [6, 6.07) is 7.33. The summed E-state index contributed by atoms with van der Waals surface area (Å²) in [5.74, 6) is -0.621. The molecule has 0 radical (unpaired) electrons. The molecule has 0 aromatic carbocycles. The fraction of sp³-hybridized carbons (Fsp3) is 0.409. The van der Waals surface area contributed by atoms with Crippen molar-refractivity contribution < 1.29 is 9.18 Å². The number of carbonyl (C=O) groups excluding carboxylic acids is 1. The summed E-state index contributed by atoms with van der Waals surface area (Å²) in [7, 11) is 0. The number of rotatable bonds is 5. The van der Waals surface area contributed by atoms with Crippen molar-refractivity contribution in [2.75, 3.05) is 0 Å². The van der Waals surface area contributed by atoms with Crippen molar-refractivity contribution in [1.82, 2.24) is 19.9 Å². The Labute approximate surface area is 164 Å². The van der Waals surface area contributed by atoms with Crippen molar-refractivity contribution in [3.8, 4) is 0 Å². The largest absolute Gasteiger partial charge is 0.348 e. The molecular weight excluding hydrogens is 355 g/mol. The van der Waals surface area contributed by atoms with Gasteiger partial charge in [0.2, 0.25) is 5.95 Å². The second-order valence-corrected chi connectivity index (χ2v) is 7.48. The van der Waals surface area contributed by atoms with Crippen LogP contribution >= 0.6 is 0 Å². The van der Waals surface area contributed by atoms with Gasteiger partial charge in [-0.2, -0.15) is 4.39 Å². The predicted molar refractivity (Wildman–Crippen MR) is 107 cm³/mol. The lowest BCUT2D eigenvalue weighted by molar-refractivity contribution is 0.0923. The number of hydrogen-bond acceptors (Lipinski definition) is 3. The molecule has 1 fully saturated rings. The van der Waals surface area contributed by atoms with Gasteiger partial charge < -0.3 is 9.88 Å². The second-order valence-electron chi connectivity index (χ2n) is 7.48. The van der Waals surface area contributed by atoms with Gasteiger partial charge in [-0.1, -0.05) is 19.3 Å². The molecule has 6 heteroatoms. The third-order valence-corrected chi connectivity index (χ3v) is 5.52. The lowest BCUT2D eigenvalue weighted by atomic mass is 9.95. The van der Waals surface area contributed by atoms with E-state index in [0.29, 0.717) is 12.1 Å². The molecule has 3 aromatic heterocycles.